The minimum Gasteiger partial charge on any atom is -0.354 e. The highest BCUT2D eigenvalue weighted by Gasteiger charge is 2.15. The Balaban J connectivity index is 1.81. The second-order valence-electron chi connectivity index (χ2n) is 6.49. The van der Waals surface area contributed by atoms with Gasteiger partial charge in [-0.1, -0.05) is 12.1 Å². The first-order valence-electron chi connectivity index (χ1n) is 8.56. The molecule has 0 atom stereocenters. The molecule has 4 rings (SSSR count). The molecular weight excluding hydrogens is 372 g/mol. The van der Waals surface area contributed by atoms with Crippen LogP contribution in [0.4, 0.5) is 17.1 Å². The molecule has 7 heteroatoms. The molecule has 3 N–H and O–H groups in total. The van der Waals surface area contributed by atoms with E-state index < -0.39 is 10.0 Å². The van der Waals surface area contributed by atoms with Crippen molar-refractivity contribution in [3.05, 3.63) is 72.3 Å². The molecule has 3 aromatic carbocycles. The summed E-state index contributed by atoms with van der Waals surface area (Å²) in [4.78, 5) is 3.38. The Morgan fingerprint density at radius 1 is 0.893 bits per heavy atom. The number of anilines is 3. The van der Waals surface area contributed by atoms with Gasteiger partial charge >= 0.3 is 0 Å². The zero-order chi connectivity index (χ0) is 19.7. The average molecular weight is 389 g/mol. The van der Waals surface area contributed by atoms with Gasteiger partial charge in [0.05, 0.1) is 34.3 Å². The summed E-state index contributed by atoms with van der Waals surface area (Å²) in [5.74, 6) is 0. The van der Waals surface area contributed by atoms with Crippen molar-refractivity contribution < 1.29 is 13.4 Å². The van der Waals surface area contributed by atoms with Gasteiger partial charge in [0.15, 0.2) is 0 Å². The predicted octanol–water partition coefficient (Wildman–Crippen LogP) is 3.79. The van der Waals surface area contributed by atoms with E-state index in [0.29, 0.717) is 11.3 Å². The molecule has 0 fully saturated rings. The van der Waals surface area contributed by atoms with E-state index in [4.69, 9.17) is 0 Å². The lowest BCUT2D eigenvalue weighted by Crippen LogP contribution is -2.09. The molecule has 0 radical (unpaired) electrons. The van der Waals surface area contributed by atoms with E-state index in [1.165, 1.54) is 0 Å². The number of sulfonamides is 1. The van der Waals surface area contributed by atoms with Gasteiger partial charge in [0.25, 0.3) is 0 Å². The zero-order valence-corrected chi connectivity index (χ0v) is 15.8. The van der Waals surface area contributed by atoms with Crippen LogP contribution in [-0.4, -0.2) is 14.7 Å². The SMILES string of the molecule is CS(=O)(=O)Nc1ccc(Nc2c3ccccc3[nH+]c3cc(C#N)ccc23)cc1. The van der Waals surface area contributed by atoms with E-state index in [0.717, 1.165) is 39.4 Å². The number of fused-ring (bicyclic) bond motifs is 2. The fourth-order valence-electron chi connectivity index (χ4n) is 3.15. The Bertz CT molecular complexity index is 1340. The van der Waals surface area contributed by atoms with E-state index in [1.807, 2.05) is 48.5 Å². The van der Waals surface area contributed by atoms with Crippen LogP contribution in [0.25, 0.3) is 21.8 Å². The van der Waals surface area contributed by atoms with E-state index in [-0.39, 0.29) is 0 Å². The maximum atomic E-state index is 11.4. The van der Waals surface area contributed by atoms with Crippen molar-refractivity contribution in [1.29, 1.82) is 5.26 Å². The van der Waals surface area contributed by atoms with Gasteiger partial charge in [0.1, 0.15) is 0 Å². The molecule has 138 valence electrons. The van der Waals surface area contributed by atoms with Gasteiger partial charge in [-0.2, -0.15) is 5.26 Å². The van der Waals surface area contributed by atoms with Crippen molar-refractivity contribution in [1.82, 2.24) is 0 Å². The molecule has 0 saturated carbocycles. The lowest BCUT2D eigenvalue weighted by Gasteiger charge is -2.11. The molecule has 0 spiro atoms. The number of para-hydroxylation sites is 1. The van der Waals surface area contributed by atoms with Crippen LogP contribution in [0.3, 0.4) is 0 Å². The summed E-state index contributed by atoms with van der Waals surface area (Å²) in [6, 6.07) is 22.7. The topological polar surface area (TPSA) is 96.1 Å². The van der Waals surface area contributed by atoms with Crippen molar-refractivity contribution in [3.8, 4) is 6.07 Å². The molecule has 0 amide bonds. The Labute approximate surface area is 162 Å². The van der Waals surface area contributed by atoms with Gasteiger partial charge < -0.3 is 5.32 Å². The summed E-state index contributed by atoms with van der Waals surface area (Å²) < 4.78 is 25.2. The monoisotopic (exact) mass is 389 g/mol. The van der Waals surface area contributed by atoms with Crippen LogP contribution in [0.1, 0.15) is 5.56 Å². The number of pyridine rings is 1. The predicted molar refractivity (Wildman–Crippen MR) is 111 cm³/mol. The van der Waals surface area contributed by atoms with Crippen LogP contribution in [0.2, 0.25) is 0 Å². The molecule has 0 aliphatic carbocycles. The van der Waals surface area contributed by atoms with Gasteiger partial charge in [-0.25, -0.2) is 13.4 Å². The molecule has 0 bridgehead atoms. The summed E-state index contributed by atoms with van der Waals surface area (Å²) in [6.07, 6.45) is 1.12. The molecule has 0 unspecified atom stereocenters. The normalized spacial score (nSPS) is 11.3. The van der Waals surface area contributed by atoms with Gasteiger partial charge in [0.2, 0.25) is 21.1 Å². The maximum absolute atomic E-state index is 11.4. The number of rotatable bonds is 4. The van der Waals surface area contributed by atoms with Crippen molar-refractivity contribution >= 4 is 48.9 Å². The maximum Gasteiger partial charge on any atom is 0.229 e. The van der Waals surface area contributed by atoms with Gasteiger partial charge in [-0.3, -0.25) is 4.72 Å². The number of H-pyrrole nitrogens is 1. The Hall–Kier alpha value is -3.63. The minimum atomic E-state index is -3.31. The molecule has 1 aromatic heterocycles. The Kier molecular flexibility index (Phi) is 4.34. The van der Waals surface area contributed by atoms with Gasteiger partial charge in [-0.15, -0.1) is 0 Å². The lowest BCUT2D eigenvalue weighted by molar-refractivity contribution is -0.310. The van der Waals surface area contributed by atoms with Crippen molar-refractivity contribution in [2.75, 3.05) is 16.3 Å². The van der Waals surface area contributed by atoms with Crippen LogP contribution in [0.15, 0.2) is 66.7 Å². The van der Waals surface area contributed by atoms with Crippen LogP contribution in [-0.2, 0) is 10.0 Å². The van der Waals surface area contributed by atoms with Crippen LogP contribution in [0.5, 0.6) is 0 Å². The second-order valence-corrected chi connectivity index (χ2v) is 8.24. The largest absolute Gasteiger partial charge is 0.354 e. The van der Waals surface area contributed by atoms with Crippen LogP contribution < -0.4 is 15.0 Å². The lowest BCUT2D eigenvalue weighted by atomic mass is 10.1. The second kappa shape index (κ2) is 6.83. The summed E-state index contributed by atoms with van der Waals surface area (Å²) in [5, 5.41) is 14.6. The fraction of sp³-hybridized carbons (Fsp3) is 0.0476. The highest BCUT2D eigenvalue weighted by Crippen LogP contribution is 2.32. The molecule has 28 heavy (non-hydrogen) atoms. The molecule has 0 aliphatic heterocycles. The number of hydrogen-bond donors (Lipinski definition) is 2. The standard InChI is InChI=1S/C21H16N4O2S/c1-28(26,27)25-16-9-7-15(8-10-16)23-21-17-4-2-3-5-19(17)24-20-12-14(13-22)6-11-18(20)21/h2-12,25H,1H3,(H,23,24)/p+1. The average Bonchev–Trinajstić information content (AvgIpc) is 2.67. The summed E-state index contributed by atoms with van der Waals surface area (Å²) in [6.45, 7) is 0. The van der Waals surface area contributed by atoms with Crippen LogP contribution >= 0.6 is 0 Å². The molecule has 0 saturated heterocycles. The number of hydrogen-bond acceptors (Lipinski definition) is 4. The summed E-state index contributed by atoms with van der Waals surface area (Å²) >= 11 is 0. The number of nitrogens with one attached hydrogen (secondary N) is 3. The number of aromatic nitrogens is 1. The third-order valence-corrected chi connectivity index (χ3v) is 4.95. The first-order valence-corrected chi connectivity index (χ1v) is 10.4. The molecular formula is C21H17N4O2S+. The molecule has 0 aliphatic rings. The Morgan fingerprint density at radius 3 is 2.29 bits per heavy atom. The van der Waals surface area contributed by atoms with E-state index in [1.54, 1.807) is 18.2 Å². The van der Waals surface area contributed by atoms with E-state index >= 15 is 0 Å². The van der Waals surface area contributed by atoms with Gasteiger partial charge in [0, 0.05) is 23.5 Å². The number of nitriles is 1. The van der Waals surface area contributed by atoms with E-state index in [2.05, 4.69) is 21.1 Å². The highest BCUT2D eigenvalue weighted by atomic mass is 32.2. The highest BCUT2D eigenvalue weighted by molar-refractivity contribution is 7.92. The fourth-order valence-corrected chi connectivity index (χ4v) is 3.71. The smallest absolute Gasteiger partial charge is 0.229 e. The van der Waals surface area contributed by atoms with Crippen LogP contribution in [0, 0.1) is 11.3 Å². The van der Waals surface area contributed by atoms with Crippen molar-refractivity contribution in [2.45, 2.75) is 0 Å². The minimum absolute atomic E-state index is 0.503. The van der Waals surface area contributed by atoms with Gasteiger partial charge in [-0.05, 0) is 42.5 Å². The quantitative estimate of drug-likeness (QED) is 0.519. The number of aromatic amines is 1. The third-order valence-electron chi connectivity index (χ3n) is 4.34. The first kappa shape index (κ1) is 17.8. The first-order chi connectivity index (χ1) is 13.4. The molecule has 6 nitrogen and oxygen atoms in total. The molecule has 4 aromatic rings. The number of benzene rings is 3. The van der Waals surface area contributed by atoms with Crippen molar-refractivity contribution in [3.63, 3.8) is 0 Å². The van der Waals surface area contributed by atoms with Crippen molar-refractivity contribution in [2.24, 2.45) is 0 Å². The Morgan fingerprint density at radius 2 is 1.57 bits per heavy atom. The third kappa shape index (κ3) is 3.59. The van der Waals surface area contributed by atoms with E-state index in [9.17, 15) is 13.7 Å². The summed E-state index contributed by atoms with van der Waals surface area (Å²) in [5.41, 5.74) is 4.63. The molecule has 1 heterocycles. The summed E-state index contributed by atoms with van der Waals surface area (Å²) in [7, 11) is -3.31. The zero-order valence-electron chi connectivity index (χ0n) is 15.0. The number of nitrogens with zero attached hydrogens (tertiary/aromatic N) is 1.